The van der Waals surface area contributed by atoms with E-state index in [9.17, 15) is 4.79 Å². The number of ketones is 1. The van der Waals surface area contributed by atoms with Gasteiger partial charge in [0, 0.05) is 0 Å². The highest BCUT2D eigenvalue weighted by molar-refractivity contribution is 5.88. The topological polar surface area (TPSA) is 20.3 Å². The molecule has 0 unspecified atom stereocenters. The molecule has 1 aromatic rings. The summed E-state index contributed by atoms with van der Waals surface area (Å²) in [4.78, 5) is 14.7. The lowest BCUT2D eigenvalue weighted by Crippen LogP contribution is -2.45. The predicted octanol–water partition coefficient (Wildman–Crippen LogP) is 3.36. The van der Waals surface area contributed by atoms with E-state index in [4.69, 9.17) is 0 Å². The van der Waals surface area contributed by atoms with Crippen molar-refractivity contribution in [1.82, 2.24) is 4.90 Å². The Kier molecular flexibility index (Phi) is 4.44. The average Bonchev–Trinajstić information content (AvgIpc) is 2.40. The third kappa shape index (κ3) is 2.85. The van der Waals surface area contributed by atoms with Crippen LogP contribution in [0.3, 0.4) is 0 Å². The number of nitrogens with zero attached hydrogens (tertiary/aromatic N) is 1. The molecule has 1 aromatic carbocycles. The first-order chi connectivity index (χ1) is 9.45. The molecule has 0 aliphatic carbocycles. The molecule has 20 heavy (non-hydrogen) atoms. The molecule has 108 valence electrons. The lowest BCUT2D eigenvalue weighted by Gasteiger charge is -2.40. The average molecular weight is 271 g/mol. The number of likely N-dealkylation sites (tertiary alicyclic amines) is 1. The molecule has 2 nitrogen and oxygen atoms in total. The molecule has 0 atom stereocenters. The molecular formula is C18H25NO. The summed E-state index contributed by atoms with van der Waals surface area (Å²) in [6.07, 6.45) is 2.71. The summed E-state index contributed by atoms with van der Waals surface area (Å²) in [7, 11) is 2.13. The maximum absolute atomic E-state index is 12.4. The molecule has 1 saturated heterocycles. The van der Waals surface area contributed by atoms with Crippen molar-refractivity contribution in [1.29, 1.82) is 0 Å². The van der Waals surface area contributed by atoms with Crippen molar-refractivity contribution >= 4 is 5.78 Å². The van der Waals surface area contributed by atoms with E-state index in [0.717, 1.165) is 37.9 Å². The van der Waals surface area contributed by atoms with Gasteiger partial charge in [-0.25, -0.2) is 0 Å². The fourth-order valence-electron chi connectivity index (χ4n) is 3.28. The number of carbonyl (C=O) groups excluding carboxylic acids is 1. The molecule has 2 rings (SSSR count). The minimum absolute atomic E-state index is 0.293. The molecule has 0 saturated carbocycles. The van der Waals surface area contributed by atoms with Crippen LogP contribution in [0.25, 0.3) is 0 Å². The summed E-state index contributed by atoms with van der Waals surface area (Å²) in [6.45, 7) is 9.80. The summed E-state index contributed by atoms with van der Waals surface area (Å²) in [6, 6.07) is 8.41. The third-order valence-corrected chi connectivity index (χ3v) is 4.54. The molecule has 0 bridgehead atoms. The van der Waals surface area contributed by atoms with Crippen LogP contribution in [0.4, 0.5) is 0 Å². The van der Waals surface area contributed by atoms with Gasteiger partial charge in [-0.3, -0.25) is 4.79 Å². The molecule has 0 spiro atoms. The lowest BCUT2D eigenvalue weighted by atomic mass is 9.68. The Hall–Kier alpha value is -1.41. The Morgan fingerprint density at radius 2 is 1.85 bits per heavy atom. The summed E-state index contributed by atoms with van der Waals surface area (Å²) in [5.41, 5.74) is 3.34. The highest BCUT2D eigenvalue weighted by Crippen LogP contribution is 2.38. The van der Waals surface area contributed by atoms with Crippen molar-refractivity contribution in [2.24, 2.45) is 0 Å². The number of hydrogen-bond donors (Lipinski definition) is 0. The SMILES string of the molecule is C=C(C)Cc1ccccc1C1(C(C)=O)CCN(C)CC1. The predicted molar refractivity (Wildman–Crippen MR) is 84.1 cm³/mol. The normalized spacial score (nSPS) is 18.8. The van der Waals surface area contributed by atoms with Gasteiger partial charge in [-0.2, -0.15) is 0 Å². The molecule has 1 fully saturated rings. The standard InChI is InChI=1S/C18H25NO/c1-14(2)13-16-7-5-6-8-17(16)18(15(3)20)9-11-19(4)12-10-18/h5-8H,1,9-13H2,2-4H3. The molecule has 0 amide bonds. The molecule has 0 radical (unpaired) electrons. The van der Waals surface area contributed by atoms with Gasteiger partial charge in [0.1, 0.15) is 5.78 Å². The number of piperidine rings is 1. The van der Waals surface area contributed by atoms with E-state index in [1.807, 2.05) is 6.92 Å². The first-order valence-corrected chi connectivity index (χ1v) is 7.38. The maximum atomic E-state index is 12.4. The first-order valence-electron chi connectivity index (χ1n) is 7.38. The maximum Gasteiger partial charge on any atom is 0.140 e. The second kappa shape index (κ2) is 5.92. The highest BCUT2D eigenvalue weighted by Gasteiger charge is 2.40. The van der Waals surface area contributed by atoms with Crippen molar-refractivity contribution < 1.29 is 4.79 Å². The van der Waals surface area contributed by atoms with E-state index in [2.05, 4.69) is 42.8 Å². The van der Waals surface area contributed by atoms with Gasteiger partial charge in [0.25, 0.3) is 0 Å². The van der Waals surface area contributed by atoms with Crippen molar-refractivity contribution in [3.05, 3.63) is 47.5 Å². The highest BCUT2D eigenvalue weighted by atomic mass is 16.1. The fourth-order valence-corrected chi connectivity index (χ4v) is 3.28. The van der Waals surface area contributed by atoms with Crippen LogP contribution in [0.1, 0.15) is 37.8 Å². The molecule has 1 aliphatic heterocycles. The number of rotatable bonds is 4. The number of carbonyl (C=O) groups is 1. The molecule has 0 aromatic heterocycles. The summed E-state index contributed by atoms with van der Waals surface area (Å²) in [5, 5.41) is 0. The van der Waals surface area contributed by atoms with Crippen LogP contribution >= 0.6 is 0 Å². The van der Waals surface area contributed by atoms with Crippen LogP contribution < -0.4 is 0 Å². The van der Waals surface area contributed by atoms with Crippen LogP contribution in [-0.2, 0) is 16.6 Å². The van der Waals surface area contributed by atoms with Crippen LogP contribution in [0, 0.1) is 0 Å². The second-order valence-electron chi connectivity index (χ2n) is 6.23. The Labute approximate surface area is 122 Å². The van der Waals surface area contributed by atoms with Crippen LogP contribution in [0.15, 0.2) is 36.4 Å². The van der Waals surface area contributed by atoms with Gasteiger partial charge >= 0.3 is 0 Å². The molecule has 0 N–H and O–H groups in total. The van der Waals surface area contributed by atoms with Gasteiger partial charge in [-0.1, -0.05) is 36.4 Å². The van der Waals surface area contributed by atoms with Gasteiger partial charge in [-0.15, -0.1) is 0 Å². The third-order valence-electron chi connectivity index (χ3n) is 4.54. The lowest BCUT2D eigenvalue weighted by molar-refractivity contribution is -0.124. The minimum atomic E-state index is -0.293. The minimum Gasteiger partial charge on any atom is -0.306 e. The van der Waals surface area contributed by atoms with Gasteiger partial charge in [0.05, 0.1) is 5.41 Å². The Morgan fingerprint density at radius 1 is 1.25 bits per heavy atom. The Balaban J connectivity index is 2.45. The quantitative estimate of drug-likeness (QED) is 0.783. The Bertz CT molecular complexity index is 510. The number of Topliss-reactive ketones (excluding diaryl/α,β-unsaturated/α-hetero) is 1. The summed E-state index contributed by atoms with van der Waals surface area (Å²) < 4.78 is 0. The second-order valence-corrected chi connectivity index (χ2v) is 6.23. The largest absolute Gasteiger partial charge is 0.306 e. The van der Waals surface area contributed by atoms with E-state index in [1.165, 1.54) is 11.1 Å². The zero-order valence-corrected chi connectivity index (χ0v) is 12.9. The van der Waals surface area contributed by atoms with Crippen molar-refractivity contribution in [2.75, 3.05) is 20.1 Å². The van der Waals surface area contributed by atoms with Gasteiger partial charge < -0.3 is 4.90 Å². The molecule has 2 heteroatoms. The fraction of sp³-hybridized carbons (Fsp3) is 0.500. The molecule has 1 heterocycles. The molecular weight excluding hydrogens is 246 g/mol. The van der Waals surface area contributed by atoms with Gasteiger partial charge in [0.15, 0.2) is 0 Å². The van der Waals surface area contributed by atoms with Gasteiger partial charge in [0.2, 0.25) is 0 Å². The van der Waals surface area contributed by atoms with E-state index in [0.29, 0.717) is 5.78 Å². The number of benzene rings is 1. The number of allylic oxidation sites excluding steroid dienone is 1. The summed E-state index contributed by atoms with van der Waals surface area (Å²) in [5.74, 6) is 0.305. The van der Waals surface area contributed by atoms with Gasteiger partial charge in [-0.05, 0) is 64.4 Å². The molecule has 1 aliphatic rings. The summed E-state index contributed by atoms with van der Waals surface area (Å²) >= 11 is 0. The Morgan fingerprint density at radius 3 is 2.40 bits per heavy atom. The van der Waals surface area contributed by atoms with Crippen LogP contribution in [0.5, 0.6) is 0 Å². The zero-order chi connectivity index (χ0) is 14.8. The van der Waals surface area contributed by atoms with E-state index >= 15 is 0 Å². The smallest absolute Gasteiger partial charge is 0.140 e. The monoisotopic (exact) mass is 271 g/mol. The number of hydrogen-bond acceptors (Lipinski definition) is 2. The van der Waals surface area contributed by atoms with Crippen LogP contribution in [-0.4, -0.2) is 30.8 Å². The van der Waals surface area contributed by atoms with Crippen LogP contribution in [0.2, 0.25) is 0 Å². The van der Waals surface area contributed by atoms with E-state index in [-0.39, 0.29) is 5.41 Å². The van der Waals surface area contributed by atoms with Crippen molar-refractivity contribution in [3.8, 4) is 0 Å². The first kappa shape index (κ1) is 15.0. The van der Waals surface area contributed by atoms with E-state index < -0.39 is 0 Å². The van der Waals surface area contributed by atoms with E-state index in [1.54, 1.807) is 6.92 Å². The zero-order valence-electron chi connectivity index (χ0n) is 12.9. The van der Waals surface area contributed by atoms with Crippen molar-refractivity contribution in [2.45, 2.75) is 38.5 Å². The van der Waals surface area contributed by atoms with Crippen molar-refractivity contribution in [3.63, 3.8) is 0 Å².